The Morgan fingerprint density at radius 3 is 2.25 bits per heavy atom. The fourth-order valence-corrected chi connectivity index (χ4v) is 4.24. The monoisotopic (exact) mass is 463 g/mol. The smallest absolute Gasteiger partial charge is 0.339 e. The van der Waals surface area contributed by atoms with Gasteiger partial charge < -0.3 is 10.6 Å². The lowest BCUT2D eigenvalue weighted by Gasteiger charge is -2.11. The molecule has 0 atom stereocenters. The highest BCUT2D eigenvalue weighted by atomic mass is 32.2. The van der Waals surface area contributed by atoms with Gasteiger partial charge in [-0.15, -0.1) is 4.40 Å². The molecule has 1 heterocycles. The summed E-state index contributed by atoms with van der Waals surface area (Å²) >= 11 is 0. The minimum Gasteiger partial charge on any atom is -0.339 e. The van der Waals surface area contributed by atoms with E-state index in [1.165, 1.54) is 30.3 Å². The van der Waals surface area contributed by atoms with Gasteiger partial charge in [0.05, 0.1) is 5.56 Å². The first-order valence-electron chi connectivity index (χ1n) is 9.04. The summed E-state index contributed by atoms with van der Waals surface area (Å²) in [4.78, 5) is 12.4. The predicted octanol–water partition coefficient (Wildman–Crippen LogP) is 4.66. The highest BCUT2D eigenvalue weighted by Gasteiger charge is 2.34. The lowest BCUT2D eigenvalue weighted by atomic mass is 10.1. The number of benzene rings is 3. The van der Waals surface area contributed by atoms with Crippen LogP contribution in [0.15, 0.2) is 76.0 Å². The topological polar surface area (TPSA) is 87.6 Å². The van der Waals surface area contributed by atoms with Gasteiger partial charge in [-0.3, -0.25) is 4.79 Å². The van der Waals surface area contributed by atoms with E-state index in [0.717, 1.165) is 6.07 Å². The average Bonchev–Trinajstić information content (AvgIpc) is 2.99. The number of fused-ring (bicyclic) bond motifs is 1. The summed E-state index contributed by atoms with van der Waals surface area (Å²) in [6.07, 6.45) is -4.90. The van der Waals surface area contributed by atoms with Crippen LogP contribution in [0.1, 0.15) is 21.5 Å². The van der Waals surface area contributed by atoms with Gasteiger partial charge in [0.1, 0.15) is 10.7 Å². The Morgan fingerprint density at radius 1 is 0.906 bits per heavy atom. The minimum atomic E-state index is -4.90. The van der Waals surface area contributed by atoms with Crippen molar-refractivity contribution in [1.29, 1.82) is 0 Å². The summed E-state index contributed by atoms with van der Waals surface area (Å²) in [6, 6.07) is 14.2. The van der Waals surface area contributed by atoms with E-state index < -0.39 is 33.5 Å². The van der Waals surface area contributed by atoms with Crippen LogP contribution in [-0.2, 0) is 16.2 Å². The van der Waals surface area contributed by atoms with Crippen molar-refractivity contribution in [2.45, 2.75) is 11.1 Å². The first-order valence-corrected chi connectivity index (χ1v) is 10.5. The molecule has 0 aromatic heterocycles. The van der Waals surface area contributed by atoms with E-state index in [0.29, 0.717) is 23.4 Å². The molecule has 1 amide bonds. The van der Waals surface area contributed by atoms with E-state index in [2.05, 4.69) is 15.0 Å². The summed E-state index contributed by atoms with van der Waals surface area (Å²) in [5.41, 5.74) is -0.732. The molecule has 11 heteroatoms. The van der Waals surface area contributed by atoms with E-state index in [-0.39, 0.29) is 22.0 Å². The van der Waals surface area contributed by atoms with Gasteiger partial charge in [0.25, 0.3) is 15.9 Å². The normalized spacial score (nSPS) is 14.4. The molecule has 1 aliphatic rings. The third kappa shape index (κ3) is 4.19. The van der Waals surface area contributed by atoms with Crippen molar-refractivity contribution in [3.05, 3.63) is 89.2 Å². The molecule has 6 nitrogen and oxygen atoms in total. The number of rotatable bonds is 3. The summed E-state index contributed by atoms with van der Waals surface area (Å²) < 4.78 is 79.8. The fourth-order valence-electron chi connectivity index (χ4n) is 3.06. The molecule has 2 N–H and O–H groups in total. The number of anilines is 2. The summed E-state index contributed by atoms with van der Waals surface area (Å²) in [6.45, 7) is 0. The van der Waals surface area contributed by atoms with Crippen LogP contribution in [0.2, 0.25) is 0 Å². The lowest BCUT2D eigenvalue weighted by molar-refractivity contribution is -0.139. The number of hydrogen-bond donors (Lipinski definition) is 2. The maximum Gasteiger partial charge on any atom is 0.419 e. The molecular weight excluding hydrogens is 450 g/mol. The molecule has 0 radical (unpaired) electrons. The number of carbonyl (C=O) groups is 1. The van der Waals surface area contributed by atoms with E-state index in [9.17, 15) is 30.8 Å². The molecule has 0 unspecified atom stereocenters. The Labute approximate surface area is 179 Å². The highest BCUT2D eigenvalue weighted by Crippen LogP contribution is 2.33. The first-order chi connectivity index (χ1) is 15.0. The Bertz CT molecular complexity index is 1350. The molecular formula is C21H13F4N3O3S. The quantitative estimate of drug-likeness (QED) is 0.554. The maximum absolute atomic E-state index is 13.4. The Hall–Kier alpha value is -3.73. The third-order valence-corrected chi connectivity index (χ3v) is 5.91. The van der Waals surface area contributed by atoms with Crippen LogP contribution >= 0.6 is 0 Å². The van der Waals surface area contributed by atoms with Crippen molar-refractivity contribution in [3.8, 4) is 0 Å². The largest absolute Gasteiger partial charge is 0.419 e. The van der Waals surface area contributed by atoms with Gasteiger partial charge in [-0.1, -0.05) is 12.1 Å². The van der Waals surface area contributed by atoms with Crippen LogP contribution in [0, 0.1) is 5.82 Å². The van der Waals surface area contributed by atoms with E-state index in [1.54, 1.807) is 18.2 Å². The number of nitrogens with one attached hydrogen (secondary N) is 2. The standard InChI is InChI=1S/C21H13F4N3O3S/c22-17-10-9-14(11-16(17)21(23,24)25)27-20(29)12-5-7-13(8-6-12)26-19-15-3-1-2-4-18(15)32(30,31)28-19/h1-11H,(H,26,28)(H,27,29). The SMILES string of the molecule is O=C(Nc1ccc(F)c(C(F)(F)F)c1)c1ccc(NC2=NS(=O)(=O)c3ccccc32)cc1. The number of amidine groups is 1. The van der Waals surface area contributed by atoms with Gasteiger partial charge in [0, 0.05) is 22.5 Å². The van der Waals surface area contributed by atoms with Crippen LogP contribution in [0.3, 0.4) is 0 Å². The molecule has 1 aliphatic heterocycles. The van der Waals surface area contributed by atoms with Gasteiger partial charge in [-0.25, -0.2) is 4.39 Å². The summed E-state index contributed by atoms with van der Waals surface area (Å²) in [5.74, 6) is -2.02. The van der Waals surface area contributed by atoms with Crippen molar-refractivity contribution in [2.75, 3.05) is 10.6 Å². The van der Waals surface area contributed by atoms with E-state index in [4.69, 9.17) is 0 Å². The molecule has 0 aliphatic carbocycles. The van der Waals surface area contributed by atoms with Gasteiger partial charge in [0.2, 0.25) is 0 Å². The number of sulfonamides is 1. The number of nitrogens with zero attached hydrogens (tertiary/aromatic N) is 1. The predicted molar refractivity (Wildman–Crippen MR) is 110 cm³/mol. The zero-order valence-corrected chi connectivity index (χ0v) is 16.8. The molecule has 4 rings (SSSR count). The number of alkyl halides is 3. The van der Waals surface area contributed by atoms with Crippen LogP contribution in [-0.4, -0.2) is 20.2 Å². The van der Waals surface area contributed by atoms with Crippen molar-refractivity contribution in [3.63, 3.8) is 0 Å². The van der Waals surface area contributed by atoms with Crippen LogP contribution in [0.25, 0.3) is 0 Å². The maximum atomic E-state index is 13.4. The molecule has 3 aromatic rings. The molecule has 0 saturated carbocycles. The van der Waals surface area contributed by atoms with Crippen LogP contribution in [0.5, 0.6) is 0 Å². The Balaban J connectivity index is 1.50. The Morgan fingerprint density at radius 2 is 1.56 bits per heavy atom. The minimum absolute atomic E-state index is 0.0796. The second-order valence-electron chi connectivity index (χ2n) is 6.76. The average molecular weight is 463 g/mol. The fraction of sp³-hybridized carbons (Fsp3) is 0.0476. The van der Waals surface area contributed by atoms with Crippen LogP contribution < -0.4 is 10.6 Å². The van der Waals surface area contributed by atoms with Gasteiger partial charge in [-0.2, -0.15) is 21.6 Å². The van der Waals surface area contributed by atoms with Crippen molar-refractivity contribution < 1.29 is 30.8 Å². The van der Waals surface area contributed by atoms with E-state index in [1.807, 2.05) is 0 Å². The highest BCUT2D eigenvalue weighted by molar-refractivity contribution is 7.90. The molecule has 32 heavy (non-hydrogen) atoms. The molecule has 0 fully saturated rings. The number of amides is 1. The number of carbonyl (C=O) groups excluding carboxylic acids is 1. The zero-order chi connectivity index (χ0) is 23.1. The van der Waals surface area contributed by atoms with Gasteiger partial charge >= 0.3 is 6.18 Å². The third-order valence-electron chi connectivity index (χ3n) is 4.57. The molecule has 0 saturated heterocycles. The molecule has 3 aromatic carbocycles. The first kappa shape index (κ1) is 21.5. The second-order valence-corrected chi connectivity index (χ2v) is 8.33. The van der Waals surface area contributed by atoms with Crippen molar-refractivity contribution in [1.82, 2.24) is 0 Å². The summed E-state index contributed by atoms with van der Waals surface area (Å²) in [5, 5.41) is 5.16. The second kappa shape index (κ2) is 7.75. The van der Waals surface area contributed by atoms with E-state index >= 15 is 0 Å². The molecule has 0 spiro atoms. The van der Waals surface area contributed by atoms with Crippen molar-refractivity contribution >= 4 is 33.1 Å². The van der Waals surface area contributed by atoms with Crippen molar-refractivity contribution in [2.24, 2.45) is 4.40 Å². The Kier molecular flexibility index (Phi) is 5.21. The molecule has 164 valence electrons. The van der Waals surface area contributed by atoms with Gasteiger partial charge in [-0.05, 0) is 54.6 Å². The van der Waals surface area contributed by atoms with Crippen LogP contribution in [0.4, 0.5) is 28.9 Å². The molecule has 0 bridgehead atoms. The lowest BCUT2D eigenvalue weighted by Crippen LogP contribution is -2.15. The zero-order valence-electron chi connectivity index (χ0n) is 15.9. The number of hydrogen-bond acceptors (Lipinski definition) is 4. The summed E-state index contributed by atoms with van der Waals surface area (Å²) in [7, 11) is -3.79. The van der Waals surface area contributed by atoms with Gasteiger partial charge in [0.15, 0.2) is 5.84 Å². The number of halogens is 4.